The molecule has 0 radical (unpaired) electrons. The van der Waals surface area contributed by atoms with E-state index >= 15 is 0 Å². The van der Waals surface area contributed by atoms with Gasteiger partial charge in [0, 0.05) is 25.3 Å². The molecule has 0 aliphatic carbocycles. The first kappa shape index (κ1) is 21.2. The summed E-state index contributed by atoms with van der Waals surface area (Å²) in [6.45, 7) is 3.26. The van der Waals surface area contributed by atoms with Crippen molar-refractivity contribution in [2.24, 2.45) is 0 Å². The molecule has 30 heavy (non-hydrogen) atoms. The predicted molar refractivity (Wildman–Crippen MR) is 116 cm³/mol. The van der Waals surface area contributed by atoms with Crippen LogP contribution in [-0.4, -0.2) is 28.1 Å². The van der Waals surface area contributed by atoms with Crippen LogP contribution in [0.5, 0.6) is 0 Å². The van der Waals surface area contributed by atoms with E-state index in [2.05, 4.69) is 5.32 Å². The average Bonchev–Trinajstić information content (AvgIpc) is 2.75. The molecule has 0 bridgehead atoms. The molecular weight excluding hydrogens is 384 g/mol. The second-order valence-corrected chi connectivity index (χ2v) is 7.34. The van der Waals surface area contributed by atoms with Gasteiger partial charge in [0.2, 0.25) is 5.91 Å². The summed E-state index contributed by atoms with van der Waals surface area (Å²) >= 11 is 0. The Labute approximate surface area is 174 Å². The molecule has 9 heteroatoms. The van der Waals surface area contributed by atoms with Crippen molar-refractivity contribution in [3.05, 3.63) is 50.7 Å². The number of rotatable bonds is 6. The van der Waals surface area contributed by atoms with E-state index in [4.69, 9.17) is 11.0 Å². The summed E-state index contributed by atoms with van der Waals surface area (Å²) in [7, 11) is 0. The van der Waals surface area contributed by atoms with Gasteiger partial charge in [0.05, 0.1) is 11.6 Å². The van der Waals surface area contributed by atoms with E-state index < -0.39 is 23.7 Å². The third-order valence-corrected chi connectivity index (χ3v) is 5.16. The zero-order valence-electron chi connectivity index (χ0n) is 17.1. The van der Waals surface area contributed by atoms with Crippen molar-refractivity contribution in [2.45, 2.75) is 45.7 Å². The van der Waals surface area contributed by atoms with Crippen LogP contribution in [0.1, 0.15) is 38.2 Å². The van der Waals surface area contributed by atoms with Gasteiger partial charge in [0.1, 0.15) is 18.1 Å². The molecule has 1 aromatic heterocycles. The number of anilines is 3. The highest BCUT2D eigenvalue weighted by molar-refractivity contribution is 5.90. The normalized spacial score (nSPS) is 13.7. The number of nitrogens with two attached hydrogens (primary N) is 1. The predicted octanol–water partition coefficient (Wildman–Crippen LogP) is 1.50. The summed E-state index contributed by atoms with van der Waals surface area (Å²) in [6, 6.07) is 8.35. The zero-order chi connectivity index (χ0) is 21.7. The molecule has 0 saturated carbocycles. The Kier molecular flexibility index (Phi) is 6.57. The minimum atomic E-state index is -0.588. The number of nitrogen functional groups attached to an aromatic ring is 1. The van der Waals surface area contributed by atoms with Crippen molar-refractivity contribution in [1.82, 2.24) is 9.13 Å². The topological polar surface area (TPSA) is 126 Å². The number of benzene rings is 1. The lowest BCUT2D eigenvalue weighted by atomic mass is 10.1. The lowest BCUT2D eigenvalue weighted by molar-refractivity contribution is -0.116. The Balaban J connectivity index is 1.95. The number of nitrogens with zero attached hydrogens (tertiary/aromatic N) is 4. The van der Waals surface area contributed by atoms with Crippen LogP contribution in [0, 0.1) is 11.3 Å². The van der Waals surface area contributed by atoms with Gasteiger partial charge in [0.15, 0.2) is 0 Å². The highest BCUT2D eigenvalue weighted by atomic mass is 16.2. The monoisotopic (exact) mass is 410 g/mol. The summed E-state index contributed by atoms with van der Waals surface area (Å²) < 4.78 is 2.33. The van der Waals surface area contributed by atoms with Gasteiger partial charge in [-0.2, -0.15) is 5.26 Å². The molecule has 158 valence electrons. The van der Waals surface area contributed by atoms with Crippen LogP contribution in [0.2, 0.25) is 0 Å². The fourth-order valence-corrected chi connectivity index (χ4v) is 3.67. The highest BCUT2D eigenvalue weighted by Crippen LogP contribution is 2.21. The number of nitrogens with one attached hydrogen (secondary N) is 1. The molecule has 0 atom stereocenters. The lowest BCUT2D eigenvalue weighted by Gasteiger charge is -2.30. The van der Waals surface area contributed by atoms with Gasteiger partial charge in [0.25, 0.3) is 5.56 Å². The molecule has 1 aromatic carbocycles. The Hall–Kier alpha value is -3.54. The van der Waals surface area contributed by atoms with Crippen molar-refractivity contribution in [3.63, 3.8) is 0 Å². The molecule has 2 heterocycles. The van der Waals surface area contributed by atoms with E-state index in [1.807, 2.05) is 17.9 Å². The maximum absolute atomic E-state index is 13.1. The molecule has 3 N–H and O–H groups in total. The van der Waals surface area contributed by atoms with E-state index in [1.165, 1.54) is 4.57 Å². The molecular formula is C21H26N6O3. The number of nitriles is 1. The number of aromatic nitrogens is 2. The van der Waals surface area contributed by atoms with Crippen LogP contribution >= 0.6 is 0 Å². The van der Waals surface area contributed by atoms with Gasteiger partial charge in [-0.05, 0) is 49.9 Å². The van der Waals surface area contributed by atoms with Crippen LogP contribution in [0.3, 0.4) is 0 Å². The highest BCUT2D eigenvalue weighted by Gasteiger charge is 2.24. The molecule has 0 unspecified atom stereocenters. The van der Waals surface area contributed by atoms with Crippen molar-refractivity contribution < 1.29 is 4.79 Å². The lowest BCUT2D eigenvalue weighted by Crippen LogP contribution is -2.47. The van der Waals surface area contributed by atoms with Crippen LogP contribution < -0.4 is 27.2 Å². The minimum Gasteiger partial charge on any atom is -0.383 e. The quantitative estimate of drug-likeness (QED) is 0.743. The summed E-state index contributed by atoms with van der Waals surface area (Å²) in [5.74, 6) is -0.339. The fourth-order valence-electron chi connectivity index (χ4n) is 3.67. The van der Waals surface area contributed by atoms with Gasteiger partial charge in [-0.15, -0.1) is 0 Å². The molecule has 1 fully saturated rings. The van der Waals surface area contributed by atoms with Crippen molar-refractivity contribution in [3.8, 4) is 6.07 Å². The Bertz CT molecular complexity index is 1070. The van der Waals surface area contributed by atoms with E-state index in [0.29, 0.717) is 43.0 Å². The Morgan fingerprint density at radius 1 is 1.13 bits per heavy atom. The maximum atomic E-state index is 13.1. The van der Waals surface area contributed by atoms with Gasteiger partial charge < -0.3 is 16.0 Å². The van der Waals surface area contributed by atoms with Crippen molar-refractivity contribution >= 4 is 23.1 Å². The fraction of sp³-hybridized carbons (Fsp3) is 0.429. The Morgan fingerprint density at radius 3 is 2.40 bits per heavy atom. The van der Waals surface area contributed by atoms with Crippen LogP contribution in [0.15, 0.2) is 33.9 Å². The first-order valence-electron chi connectivity index (χ1n) is 10.1. The molecule has 3 rings (SSSR count). The molecule has 1 aliphatic rings. The zero-order valence-corrected chi connectivity index (χ0v) is 17.1. The molecule has 1 amide bonds. The largest absolute Gasteiger partial charge is 0.383 e. The second-order valence-electron chi connectivity index (χ2n) is 7.34. The third kappa shape index (κ3) is 4.38. The van der Waals surface area contributed by atoms with Crippen LogP contribution in [0.4, 0.5) is 17.2 Å². The van der Waals surface area contributed by atoms with Crippen LogP contribution in [-0.2, 0) is 17.9 Å². The summed E-state index contributed by atoms with van der Waals surface area (Å²) in [5, 5.41) is 11.5. The van der Waals surface area contributed by atoms with Crippen molar-refractivity contribution in [1.29, 1.82) is 5.26 Å². The number of piperidine rings is 1. The number of hydrogen-bond donors (Lipinski definition) is 2. The summed E-state index contributed by atoms with van der Waals surface area (Å²) in [6.07, 6.45) is 3.65. The summed E-state index contributed by atoms with van der Waals surface area (Å²) in [4.78, 5) is 40.5. The number of carbonyl (C=O) groups is 1. The van der Waals surface area contributed by atoms with E-state index in [0.717, 1.165) is 23.8 Å². The van der Waals surface area contributed by atoms with Crippen molar-refractivity contribution in [2.75, 3.05) is 29.0 Å². The second kappa shape index (κ2) is 9.31. The minimum absolute atomic E-state index is 0.164. The molecule has 1 saturated heterocycles. The smallest absolute Gasteiger partial charge is 0.333 e. The third-order valence-electron chi connectivity index (χ3n) is 5.16. The first-order chi connectivity index (χ1) is 14.5. The van der Waals surface area contributed by atoms with E-state index in [1.54, 1.807) is 24.3 Å². The van der Waals surface area contributed by atoms with Gasteiger partial charge in [-0.1, -0.05) is 6.92 Å². The molecule has 2 aromatic rings. The Morgan fingerprint density at radius 2 is 1.80 bits per heavy atom. The number of carbonyl (C=O) groups excluding carboxylic acids is 1. The first-order valence-corrected chi connectivity index (χ1v) is 10.1. The van der Waals surface area contributed by atoms with Gasteiger partial charge in [-0.3, -0.25) is 14.2 Å². The number of hydrogen-bond acceptors (Lipinski definition) is 6. The molecule has 1 aliphatic heterocycles. The van der Waals surface area contributed by atoms with Crippen LogP contribution in [0.25, 0.3) is 0 Å². The SMILES string of the molecule is CCCn1c(N)c(N2CCCCC2)c(=O)n(CC(=O)Nc2ccc(C#N)cc2)c1=O. The van der Waals surface area contributed by atoms with Gasteiger partial charge in [-0.25, -0.2) is 9.36 Å². The standard InChI is InChI=1S/C21H26N6O3/c1-2-10-26-19(23)18(25-11-4-3-5-12-25)20(29)27(21(26)30)14-17(28)24-16-8-6-15(13-22)7-9-16/h6-9H,2-5,10-12,14,23H2,1H3,(H,24,28). The average molecular weight is 410 g/mol. The summed E-state index contributed by atoms with van der Waals surface area (Å²) in [5.41, 5.74) is 6.35. The molecule has 0 spiro atoms. The molecule has 9 nitrogen and oxygen atoms in total. The van der Waals surface area contributed by atoms with E-state index in [-0.39, 0.29) is 5.82 Å². The maximum Gasteiger partial charge on any atom is 0.333 e. The van der Waals surface area contributed by atoms with E-state index in [9.17, 15) is 14.4 Å². The number of amides is 1. The van der Waals surface area contributed by atoms with Gasteiger partial charge >= 0.3 is 5.69 Å².